The van der Waals surface area contributed by atoms with Gasteiger partial charge in [0.2, 0.25) is 0 Å². The summed E-state index contributed by atoms with van der Waals surface area (Å²) in [4.78, 5) is 1.27. The van der Waals surface area contributed by atoms with Crippen molar-refractivity contribution in [1.29, 1.82) is 5.26 Å². The number of hydrogen-bond donors (Lipinski definition) is 1. The summed E-state index contributed by atoms with van der Waals surface area (Å²) in [6.45, 7) is 5.00. The van der Waals surface area contributed by atoms with Crippen molar-refractivity contribution in [2.45, 2.75) is 37.1 Å². The predicted octanol–water partition coefficient (Wildman–Crippen LogP) is 3.45. The first kappa shape index (κ1) is 14.1. The van der Waals surface area contributed by atoms with E-state index < -0.39 is 5.54 Å². The molecule has 0 radical (unpaired) electrons. The second-order valence-corrected chi connectivity index (χ2v) is 5.45. The second-order valence-electron chi connectivity index (χ2n) is 4.28. The van der Waals surface area contributed by atoms with E-state index in [2.05, 4.69) is 30.4 Å². The smallest absolute Gasteiger partial charge is 0.104 e. The summed E-state index contributed by atoms with van der Waals surface area (Å²) in [5.41, 5.74) is -0.391. The number of thioether (sulfide) groups is 1. The van der Waals surface area contributed by atoms with E-state index in [4.69, 9.17) is 0 Å². The van der Waals surface area contributed by atoms with Crippen molar-refractivity contribution in [3.05, 3.63) is 30.3 Å². The van der Waals surface area contributed by atoms with Gasteiger partial charge < -0.3 is 0 Å². The third-order valence-electron chi connectivity index (χ3n) is 2.63. The fraction of sp³-hybridized carbons (Fsp3) is 0.500. The van der Waals surface area contributed by atoms with Gasteiger partial charge in [0.15, 0.2) is 0 Å². The van der Waals surface area contributed by atoms with Crippen LogP contribution in [0.25, 0.3) is 0 Å². The normalized spacial score (nSPS) is 13.9. The standard InChI is InChI=1S/C14H20N2S/c1-3-10-16-14(2,12-15)9-11-17-13-7-5-4-6-8-13/h4-8,16H,3,9-11H2,1-2H3. The van der Waals surface area contributed by atoms with Gasteiger partial charge in [-0.1, -0.05) is 25.1 Å². The molecular formula is C14H20N2S. The van der Waals surface area contributed by atoms with E-state index >= 15 is 0 Å². The zero-order valence-electron chi connectivity index (χ0n) is 10.6. The van der Waals surface area contributed by atoms with Crippen LogP contribution in [0.1, 0.15) is 26.7 Å². The highest BCUT2D eigenvalue weighted by Crippen LogP contribution is 2.21. The largest absolute Gasteiger partial charge is 0.300 e. The average Bonchev–Trinajstić information content (AvgIpc) is 2.38. The van der Waals surface area contributed by atoms with Crippen LogP contribution in [0.5, 0.6) is 0 Å². The van der Waals surface area contributed by atoms with Crippen molar-refractivity contribution < 1.29 is 0 Å². The molecule has 0 saturated heterocycles. The van der Waals surface area contributed by atoms with Crippen molar-refractivity contribution in [1.82, 2.24) is 5.32 Å². The Kier molecular flexibility index (Phi) is 6.10. The van der Waals surface area contributed by atoms with Gasteiger partial charge in [-0.3, -0.25) is 5.32 Å². The van der Waals surface area contributed by atoms with Crippen LogP contribution in [-0.2, 0) is 0 Å². The number of benzene rings is 1. The van der Waals surface area contributed by atoms with Crippen LogP contribution in [0.15, 0.2) is 35.2 Å². The van der Waals surface area contributed by atoms with Crippen LogP contribution in [-0.4, -0.2) is 17.8 Å². The van der Waals surface area contributed by atoms with Crippen molar-refractivity contribution in [3.8, 4) is 6.07 Å². The molecule has 0 heterocycles. The Morgan fingerprint density at radius 1 is 1.35 bits per heavy atom. The Morgan fingerprint density at radius 3 is 2.65 bits per heavy atom. The Balaban J connectivity index is 2.36. The van der Waals surface area contributed by atoms with Crippen molar-refractivity contribution in [2.75, 3.05) is 12.3 Å². The van der Waals surface area contributed by atoms with Gasteiger partial charge >= 0.3 is 0 Å². The van der Waals surface area contributed by atoms with E-state index in [1.54, 1.807) is 11.8 Å². The summed E-state index contributed by atoms with van der Waals surface area (Å²) in [7, 11) is 0. The lowest BCUT2D eigenvalue weighted by molar-refractivity contribution is 0.437. The van der Waals surface area contributed by atoms with Crippen LogP contribution >= 0.6 is 11.8 Å². The predicted molar refractivity (Wildman–Crippen MR) is 74.1 cm³/mol. The topological polar surface area (TPSA) is 35.8 Å². The van der Waals surface area contributed by atoms with Gasteiger partial charge in [0.05, 0.1) is 6.07 Å². The van der Waals surface area contributed by atoms with Crippen LogP contribution < -0.4 is 5.32 Å². The molecule has 17 heavy (non-hydrogen) atoms. The van der Waals surface area contributed by atoms with E-state index in [-0.39, 0.29) is 0 Å². The van der Waals surface area contributed by atoms with E-state index in [1.165, 1.54) is 4.90 Å². The van der Waals surface area contributed by atoms with Gasteiger partial charge in [-0.2, -0.15) is 5.26 Å². The number of nitriles is 1. The lowest BCUT2D eigenvalue weighted by Crippen LogP contribution is -2.41. The summed E-state index contributed by atoms with van der Waals surface area (Å²) in [5, 5.41) is 12.5. The molecule has 1 rings (SSSR count). The Hall–Kier alpha value is -0.980. The summed E-state index contributed by atoms with van der Waals surface area (Å²) in [6, 6.07) is 12.7. The molecule has 1 N–H and O–H groups in total. The Bertz CT molecular complexity index is 358. The molecule has 3 heteroatoms. The summed E-state index contributed by atoms with van der Waals surface area (Å²) < 4.78 is 0. The molecule has 0 fully saturated rings. The maximum Gasteiger partial charge on any atom is 0.104 e. The lowest BCUT2D eigenvalue weighted by Gasteiger charge is -2.22. The molecule has 1 aromatic carbocycles. The molecular weight excluding hydrogens is 228 g/mol. The fourth-order valence-corrected chi connectivity index (χ4v) is 2.57. The molecule has 1 atom stereocenters. The third kappa shape index (κ3) is 5.25. The van der Waals surface area contributed by atoms with Crippen molar-refractivity contribution >= 4 is 11.8 Å². The van der Waals surface area contributed by atoms with E-state index in [1.807, 2.05) is 25.1 Å². The van der Waals surface area contributed by atoms with E-state index in [0.29, 0.717) is 0 Å². The molecule has 2 nitrogen and oxygen atoms in total. The molecule has 1 unspecified atom stereocenters. The van der Waals surface area contributed by atoms with Gasteiger partial charge in [-0.15, -0.1) is 11.8 Å². The number of hydrogen-bond acceptors (Lipinski definition) is 3. The molecule has 0 aliphatic heterocycles. The Morgan fingerprint density at radius 2 is 2.06 bits per heavy atom. The van der Waals surface area contributed by atoms with Crippen LogP contribution in [0.3, 0.4) is 0 Å². The van der Waals surface area contributed by atoms with Crippen LogP contribution in [0, 0.1) is 11.3 Å². The van der Waals surface area contributed by atoms with Gasteiger partial charge in [-0.25, -0.2) is 0 Å². The van der Waals surface area contributed by atoms with Crippen molar-refractivity contribution in [2.24, 2.45) is 0 Å². The second kappa shape index (κ2) is 7.37. The first-order valence-corrected chi connectivity index (χ1v) is 7.03. The maximum absolute atomic E-state index is 9.19. The number of nitrogens with zero attached hydrogens (tertiary/aromatic N) is 1. The monoisotopic (exact) mass is 248 g/mol. The van der Waals surface area contributed by atoms with Gasteiger partial charge in [-0.05, 0) is 38.4 Å². The Labute approximate surface area is 108 Å². The zero-order valence-corrected chi connectivity index (χ0v) is 11.4. The third-order valence-corrected chi connectivity index (χ3v) is 3.64. The molecule has 0 aliphatic rings. The highest BCUT2D eigenvalue weighted by atomic mass is 32.2. The summed E-state index contributed by atoms with van der Waals surface area (Å²) in [5.74, 6) is 0.963. The molecule has 0 aromatic heterocycles. The highest BCUT2D eigenvalue weighted by molar-refractivity contribution is 7.99. The molecule has 0 amide bonds. The van der Waals surface area contributed by atoms with Crippen molar-refractivity contribution in [3.63, 3.8) is 0 Å². The minimum atomic E-state index is -0.391. The van der Waals surface area contributed by atoms with E-state index in [9.17, 15) is 5.26 Å². The average molecular weight is 248 g/mol. The lowest BCUT2D eigenvalue weighted by atomic mass is 10.0. The minimum Gasteiger partial charge on any atom is -0.300 e. The van der Waals surface area contributed by atoms with Crippen LogP contribution in [0.2, 0.25) is 0 Å². The minimum absolute atomic E-state index is 0.391. The number of rotatable bonds is 7. The highest BCUT2D eigenvalue weighted by Gasteiger charge is 2.21. The first-order valence-electron chi connectivity index (χ1n) is 6.04. The first-order chi connectivity index (χ1) is 8.20. The van der Waals surface area contributed by atoms with Gasteiger partial charge in [0.25, 0.3) is 0 Å². The van der Waals surface area contributed by atoms with Gasteiger partial charge in [0.1, 0.15) is 5.54 Å². The zero-order chi connectivity index (χ0) is 12.6. The number of nitrogens with one attached hydrogen (secondary N) is 1. The molecule has 0 spiro atoms. The van der Waals surface area contributed by atoms with E-state index in [0.717, 1.165) is 25.1 Å². The summed E-state index contributed by atoms with van der Waals surface area (Å²) >= 11 is 1.81. The summed E-state index contributed by atoms with van der Waals surface area (Å²) in [6.07, 6.45) is 1.92. The SMILES string of the molecule is CCCNC(C)(C#N)CCSc1ccccc1. The molecule has 1 aromatic rings. The molecule has 0 aliphatic carbocycles. The van der Waals surface area contributed by atoms with Crippen LogP contribution in [0.4, 0.5) is 0 Å². The quantitative estimate of drug-likeness (QED) is 0.751. The molecule has 0 bridgehead atoms. The van der Waals surface area contributed by atoms with Gasteiger partial charge in [0, 0.05) is 10.6 Å². The maximum atomic E-state index is 9.19. The fourth-order valence-electron chi connectivity index (χ4n) is 1.47. The molecule has 92 valence electrons. The molecule has 0 saturated carbocycles.